The Balaban J connectivity index is 0.00000121. The summed E-state index contributed by atoms with van der Waals surface area (Å²) in [5, 5.41) is 0. The molecule has 0 amide bonds. The summed E-state index contributed by atoms with van der Waals surface area (Å²) in [6.07, 6.45) is 0. The van der Waals surface area contributed by atoms with Gasteiger partial charge >= 0.3 is 0 Å². The first-order valence-corrected chi connectivity index (χ1v) is 7.18. The number of halogens is 2. The van der Waals surface area contributed by atoms with Gasteiger partial charge in [-0.2, -0.15) is 0 Å². The SMILES string of the molecule is Cl.Cl.Nc1ccc(N2CCN(Cc3ccccc3)CC2)cc1. The maximum atomic E-state index is 5.74. The molecule has 5 heteroatoms. The minimum atomic E-state index is 0. The molecule has 3 rings (SSSR count). The van der Waals surface area contributed by atoms with Gasteiger partial charge in [0.1, 0.15) is 0 Å². The van der Waals surface area contributed by atoms with Crippen LogP contribution in [-0.2, 0) is 6.54 Å². The van der Waals surface area contributed by atoms with Crippen LogP contribution in [0.3, 0.4) is 0 Å². The van der Waals surface area contributed by atoms with Crippen molar-refractivity contribution in [1.82, 2.24) is 4.90 Å². The van der Waals surface area contributed by atoms with Crippen LogP contribution < -0.4 is 10.6 Å². The van der Waals surface area contributed by atoms with E-state index >= 15 is 0 Å². The Morgan fingerprint density at radius 3 is 1.95 bits per heavy atom. The molecule has 0 bridgehead atoms. The molecule has 2 aromatic carbocycles. The number of hydrogen-bond acceptors (Lipinski definition) is 3. The average molecular weight is 340 g/mol. The van der Waals surface area contributed by atoms with Crippen LogP contribution in [0.4, 0.5) is 11.4 Å². The molecule has 1 saturated heterocycles. The van der Waals surface area contributed by atoms with Gasteiger partial charge < -0.3 is 10.6 Å². The molecule has 0 unspecified atom stereocenters. The van der Waals surface area contributed by atoms with Crippen LogP contribution >= 0.6 is 24.8 Å². The Hall–Kier alpha value is -1.42. The normalized spacial score (nSPS) is 14.8. The van der Waals surface area contributed by atoms with Crippen molar-refractivity contribution in [3.63, 3.8) is 0 Å². The van der Waals surface area contributed by atoms with Gasteiger partial charge in [-0.25, -0.2) is 0 Å². The number of nitrogen functional groups attached to an aromatic ring is 1. The molecule has 1 aliphatic heterocycles. The third-order valence-electron chi connectivity index (χ3n) is 3.88. The van der Waals surface area contributed by atoms with Gasteiger partial charge in [-0.15, -0.1) is 24.8 Å². The summed E-state index contributed by atoms with van der Waals surface area (Å²) >= 11 is 0. The fourth-order valence-corrected chi connectivity index (χ4v) is 2.69. The lowest BCUT2D eigenvalue weighted by molar-refractivity contribution is 0.250. The van der Waals surface area contributed by atoms with Gasteiger partial charge in [0, 0.05) is 44.1 Å². The van der Waals surface area contributed by atoms with E-state index in [2.05, 4.69) is 52.3 Å². The largest absolute Gasteiger partial charge is 0.399 e. The van der Waals surface area contributed by atoms with Crippen LogP contribution in [0.25, 0.3) is 0 Å². The van der Waals surface area contributed by atoms with Crippen LogP contribution in [0.15, 0.2) is 54.6 Å². The second-order valence-corrected chi connectivity index (χ2v) is 5.34. The monoisotopic (exact) mass is 339 g/mol. The van der Waals surface area contributed by atoms with Crippen LogP contribution in [0, 0.1) is 0 Å². The maximum absolute atomic E-state index is 5.74. The van der Waals surface area contributed by atoms with Crippen molar-refractivity contribution in [2.24, 2.45) is 0 Å². The molecule has 1 heterocycles. The predicted molar refractivity (Wildman–Crippen MR) is 99.3 cm³/mol. The van der Waals surface area contributed by atoms with Gasteiger partial charge in [-0.05, 0) is 29.8 Å². The van der Waals surface area contributed by atoms with E-state index in [1.54, 1.807) is 0 Å². The van der Waals surface area contributed by atoms with E-state index in [0.717, 1.165) is 38.4 Å². The molecule has 0 saturated carbocycles. The van der Waals surface area contributed by atoms with Crippen molar-refractivity contribution in [2.45, 2.75) is 6.54 Å². The maximum Gasteiger partial charge on any atom is 0.0368 e. The highest BCUT2D eigenvalue weighted by Crippen LogP contribution is 2.18. The zero-order valence-electron chi connectivity index (χ0n) is 12.5. The predicted octanol–water partition coefficient (Wildman–Crippen LogP) is 3.43. The van der Waals surface area contributed by atoms with Gasteiger partial charge in [-0.3, -0.25) is 4.90 Å². The first-order valence-electron chi connectivity index (χ1n) is 7.18. The number of piperazine rings is 1. The number of benzene rings is 2. The molecule has 1 fully saturated rings. The Labute approximate surface area is 144 Å². The smallest absolute Gasteiger partial charge is 0.0368 e. The Morgan fingerprint density at radius 1 is 0.773 bits per heavy atom. The van der Waals surface area contributed by atoms with E-state index in [1.165, 1.54) is 11.3 Å². The molecule has 0 atom stereocenters. The van der Waals surface area contributed by atoms with Crippen molar-refractivity contribution < 1.29 is 0 Å². The quantitative estimate of drug-likeness (QED) is 0.869. The standard InChI is InChI=1S/C17H21N3.2ClH/c18-16-6-8-17(9-7-16)20-12-10-19(11-13-20)14-15-4-2-1-3-5-15;;/h1-9H,10-14,18H2;2*1H. The first-order chi connectivity index (χ1) is 9.81. The molecule has 0 aromatic heterocycles. The summed E-state index contributed by atoms with van der Waals surface area (Å²) < 4.78 is 0. The first kappa shape index (κ1) is 18.6. The van der Waals surface area contributed by atoms with E-state index in [4.69, 9.17) is 5.73 Å². The van der Waals surface area contributed by atoms with Crippen LogP contribution in [0.1, 0.15) is 5.56 Å². The molecule has 0 aliphatic carbocycles. The van der Waals surface area contributed by atoms with E-state index in [0.29, 0.717) is 0 Å². The number of nitrogens with two attached hydrogens (primary N) is 1. The zero-order valence-corrected chi connectivity index (χ0v) is 14.2. The van der Waals surface area contributed by atoms with Crippen LogP contribution in [-0.4, -0.2) is 31.1 Å². The second-order valence-electron chi connectivity index (χ2n) is 5.34. The minimum Gasteiger partial charge on any atom is -0.399 e. The summed E-state index contributed by atoms with van der Waals surface area (Å²) in [5.41, 5.74) is 9.24. The van der Waals surface area contributed by atoms with Gasteiger partial charge in [-0.1, -0.05) is 30.3 Å². The van der Waals surface area contributed by atoms with Crippen LogP contribution in [0.5, 0.6) is 0 Å². The zero-order chi connectivity index (χ0) is 13.8. The van der Waals surface area contributed by atoms with Gasteiger partial charge in [0.2, 0.25) is 0 Å². The molecule has 0 spiro atoms. The number of rotatable bonds is 3. The fourth-order valence-electron chi connectivity index (χ4n) is 2.69. The molecular formula is C17H23Cl2N3. The minimum absolute atomic E-state index is 0. The average Bonchev–Trinajstić information content (AvgIpc) is 2.50. The lowest BCUT2D eigenvalue weighted by Crippen LogP contribution is -2.45. The summed E-state index contributed by atoms with van der Waals surface area (Å²) in [7, 11) is 0. The molecule has 2 aromatic rings. The van der Waals surface area contributed by atoms with Crippen molar-refractivity contribution in [3.8, 4) is 0 Å². The number of hydrogen-bond donors (Lipinski definition) is 1. The topological polar surface area (TPSA) is 32.5 Å². The second kappa shape index (κ2) is 8.89. The van der Waals surface area contributed by atoms with Crippen LogP contribution in [0.2, 0.25) is 0 Å². The number of anilines is 2. The van der Waals surface area contributed by atoms with Gasteiger partial charge in [0.15, 0.2) is 0 Å². The van der Waals surface area contributed by atoms with E-state index in [9.17, 15) is 0 Å². The lowest BCUT2D eigenvalue weighted by Gasteiger charge is -2.36. The lowest BCUT2D eigenvalue weighted by atomic mass is 10.2. The highest BCUT2D eigenvalue weighted by atomic mass is 35.5. The summed E-state index contributed by atoms with van der Waals surface area (Å²) in [4.78, 5) is 4.95. The third-order valence-corrected chi connectivity index (χ3v) is 3.88. The van der Waals surface area contributed by atoms with E-state index < -0.39 is 0 Å². The highest BCUT2D eigenvalue weighted by Gasteiger charge is 2.16. The van der Waals surface area contributed by atoms with Crippen molar-refractivity contribution in [3.05, 3.63) is 60.2 Å². The summed E-state index contributed by atoms with van der Waals surface area (Å²) in [6, 6.07) is 18.9. The van der Waals surface area contributed by atoms with Crippen molar-refractivity contribution >= 4 is 36.2 Å². The summed E-state index contributed by atoms with van der Waals surface area (Å²) in [5.74, 6) is 0. The molecule has 22 heavy (non-hydrogen) atoms. The fraction of sp³-hybridized carbons (Fsp3) is 0.294. The van der Waals surface area contributed by atoms with Crippen molar-refractivity contribution in [1.29, 1.82) is 0 Å². The molecule has 2 N–H and O–H groups in total. The third kappa shape index (κ3) is 4.80. The molecule has 120 valence electrons. The highest BCUT2D eigenvalue weighted by molar-refractivity contribution is 5.85. The van der Waals surface area contributed by atoms with Gasteiger partial charge in [0.05, 0.1) is 0 Å². The Kier molecular flexibility index (Phi) is 7.52. The van der Waals surface area contributed by atoms with Crippen molar-refractivity contribution in [2.75, 3.05) is 36.8 Å². The summed E-state index contributed by atoms with van der Waals surface area (Å²) in [6.45, 7) is 5.43. The Bertz CT molecular complexity index is 538. The van der Waals surface area contributed by atoms with E-state index in [1.807, 2.05) is 12.1 Å². The molecule has 0 radical (unpaired) electrons. The molecular weight excluding hydrogens is 317 g/mol. The Morgan fingerprint density at radius 2 is 1.36 bits per heavy atom. The molecule has 3 nitrogen and oxygen atoms in total. The number of nitrogens with zero attached hydrogens (tertiary/aromatic N) is 2. The van der Waals surface area contributed by atoms with Gasteiger partial charge in [0.25, 0.3) is 0 Å². The molecule has 1 aliphatic rings. The van der Waals surface area contributed by atoms with E-state index in [-0.39, 0.29) is 24.8 Å².